The van der Waals surface area contributed by atoms with E-state index in [2.05, 4.69) is 26.8 Å². The van der Waals surface area contributed by atoms with Gasteiger partial charge in [-0.1, -0.05) is 17.7 Å². The van der Waals surface area contributed by atoms with Crippen molar-refractivity contribution >= 4 is 0 Å². The second kappa shape index (κ2) is 3.78. The second-order valence-corrected chi connectivity index (χ2v) is 6.08. The maximum Gasteiger partial charge on any atom is 0.127 e. The monoisotopic (exact) mass is 244 g/mol. The van der Waals surface area contributed by atoms with Gasteiger partial charge >= 0.3 is 0 Å². The molecule has 1 N–H and O–H groups in total. The Kier molecular flexibility index (Phi) is 2.44. The molecule has 0 saturated heterocycles. The number of aromatic hydroxyl groups is 1. The van der Waals surface area contributed by atoms with Gasteiger partial charge in [-0.25, -0.2) is 0 Å². The zero-order valence-corrected chi connectivity index (χ0v) is 11.2. The summed E-state index contributed by atoms with van der Waals surface area (Å²) in [5, 5.41) is 10.1. The molecule has 1 aromatic rings. The number of hydrogen-bond acceptors (Lipinski definition) is 2. The molecule has 96 valence electrons. The Morgan fingerprint density at radius 2 is 2.11 bits per heavy atom. The van der Waals surface area contributed by atoms with Crippen molar-refractivity contribution in [1.29, 1.82) is 0 Å². The van der Waals surface area contributed by atoms with Crippen LogP contribution in [0.2, 0.25) is 0 Å². The van der Waals surface area contributed by atoms with Gasteiger partial charge < -0.3 is 9.84 Å². The molecule has 0 fully saturated rings. The molecule has 2 heteroatoms. The number of benzene rings is 1. The van der Waals surface area contributed by atoms with E-state index in [0.29, 0.717) is 17.6 Å². The maximum atomic E-state index is 10.1. The largest absolute Gasteiger partial charge is 0.508 e. The number of phenols is 1. The van der Waals surface area contributed by atoms with Crippen molar-refractivity contribution in [3.63, 3.8) is 0 Å². The number of phenolic OH excluding ortho intramolecular Hbond substituents is 1. The number of ether oxygens (including phenoxy) is 1. The molecule has 18 heavy (non-hydrogen) atoms. The van der Waals surface area contributed by atoms with Crippen molar-refractivity contribution in [1.82, 2.24) is 0 Å². The molecule has 0 saturated carbocycles. The third-order valence-electron chi connectivity index (χ3n) is 4.39. The van der Waals surface area contributed by atoms with Gasteiger partial charge in [0.05, 0.1) is 0 Å². The van der Waals surface area contributed by atoms with Crippen molar-refractivity contribution in [2.24, 2.45) is 5.92 Å². The first-order chi connectivity index (χ1) is 8.49. The quantitative estimate of drug-likeness (QED) is 0.699. The lowest BCUT2D eigenvalue weighted by atomic mass is 9.68. The van der Waals surface area contributed by atoms with E-state index in [0.717, 1.165) is 24.2 Å². The zero-order chi connectivity index (χ0) is 12.9. The van der Waals surface area contributed by atoms with Gasteiger partial charge in [-0.3, -0.25) is 0 Å². The summed E-state index contributed by atoms with van der Waals surface area (Å²) in [7, 11) is 0. The van der Waals surface area contributed by atoms with Crippen LogP contribution in [-0.2, 0) is 0 Å². The third-order valence-corrected chi connectivity index (χ3v) is 4.39. The van der Waals surface area contributed by atoms with E-state index in [4.69, 9.17) is 4.74 Å². The molecule has 0 amide bonds. The highest BCUT2D eigenvalue weighted by Gasteiger charge is 2.44. The van der Waals surface area contributed by atoms with E-state index in [1.807, 2.05) is 12.1 Å². The molecule has 2 atom stereocenters. The molecule has 2 aliphatic rings. The molecule has 2 nitrogen and oxygen atoms in total. The van der Waals surface area contributed by atoms with E-state index < -0.39 is 0 Å². The molecule has 0 aromatic heterocycles. The highest BCUT2D eigenvalue weighted by atomic mass is 16.5. The van der Waals surface area contributed by atoms with Crippen LogP contribution in [0.4, 0.5) is 0 Å². The minimum absolute atomic E-state index is 0.164. The molecule has 3 rings (SSSR count). The SMILES string of the molecule is CC1=C[C@@H]2c3c(O)cccc3OC(C)(C)[C@H]2CC1. The summed E-state index contributed by atoms with van der Waals surface area (Å²) in [4.78, 5) is 0. The summed E-state index contributed by atoms with van der Waals surface area (Å²) in [6, 6.07) is 5.57. The summed E-state index contributed by atoms with van der Waals surface area (Å²) in [6.45, 7) is 6.50. The van der Waals surface area contributed by atoms with Gasteiger partial charge in [-0.2, -0.15) is 0 Å². The molecular formula is C16H20O2. The molecule has 0 unspecified atom stereocenters. The first-order valence-electron chi connectivity index (χ1n) is 6.67. The van der Waals surface area contributed by atoms with Crippen LogP contribution in [0.5, 0.6) is 11.5 Å². The number of allylic oxidation sites excluding steroid dienone is 2. The minimum atomic E-state index is -0.164. The van der Waals surface area contributed by atoms with Crippen molar-refractivity contribution in [2.75, 3.05) is 0 Å². The van der Waals surface area contributed by atoms with E-state index in [1.54, 1.807) is 6.07 Å². The van der Waals surface area contributed by atoms with Crippen molar-refractivity contribution in [3.8, 4) is 11.5 Å². The van der Waals surface area contributed by atoms with Crippen LogP contribution < -0.4 is 4.74 Å². The van der Waals surface area contributed by atoms with Crippen LogP contribution in [0, 0.1) is 5.92 Å². The third kappa shape index (κ3) is 1.63. The lowest BCUT2D eigenvalue weighted by molar-refractivity contribution is 0.0108. The van der Waals surface area contributed by atoms with E-state index in [1.165, 1.54) is 5.57 Å². The van der Waals surface area contributed by atoms with Gasteiger partial charge in [0.1, 0.15) is 17.1 Å². The standard InChI is InChI=1S/C16H20O2/c1-10-7-8-12-11(9-10)15-13(17)5-4-6-14(15)18-16(12,2)3/h4-6,9,11-12,17H,7-8H2,1-3H3/t11-,12-/m0/s1. The van der Waals surface area contributed by atoms with Gasteiger partial charge in [0.2, 0.25) is 0 Å². The van der Waals surface area contributed by atoms with E-state index in [9.17, 15) is 5.11 Å². The normalized spacial score (nSPS) is 28.7. The molecule has 0 spiro atoms. The van der Waals surface area contributed by atoms with Crippen LogP contribution in [0.25, 0.3) is 0 Å². The molecule has 0 bridgehead atoms. The predicted octanol–water partition coefficient (Wildman–Crippen LogP) is 4.00. The second-order valence-electron chi connectivity index (χ2n) is 6.08. The summed E-state index contributed by atoms with van der Waals surface area (Å²) in [5.41, 5.74) is 2.23. The van der Waals surface area contributed by atoms with Gasteiger partial charge in [-0.15, -0.1) is 0 Å². The zero-order valence-electron chi connectivity index (χ0n) is 11.2. The Bertz CT molecular complexity index is 514. The van der Waals surface area contributed by atoms with Gasteiger partial charge in [0, 0.05) is 17.4 Å². The van der Waals surface area contributed by atoms with Crippen molar-refractivity contribution in [3.05, 3.63) is 35.4 Å². The molecule has 0 radical (unpaired) electrons. The van der Waals surface area contributed by atoms with Gasteiger partial charge in [0.15, 0.2) is 0 Å². The number of rotatable bonds is 0. The predicted molar refractivity (Wildman–Crippen MR) is 72.0 cm³/mol. The highest BCUT2D eigenvalue weighted by Crippen LogP contribution is 2.52. The molecular weight excluding hydrogens is 224 g/mol. The Labute approximate surface area is 108 Å². The highest BCUT2D eigenvalue weighted by molar-refractivity contribution is 5.51. The van der Waals surface area contributed by atoms with Crippen LogP contribution in [-0.4, -0.2) is 10.7 Å². The minimum Gasteiger partial charge on any atom is -0.508 e. The van der Waals surface area contributed by atoms with Crippen molar-refractivity contribution in [2.45, 2.75) is 45.1 Å². The summed E-state index contributed by atoms with van der Waals surface area (Å²) in [6.07, 6.45) is 4.58. The smallest absolute Gasteiger partial charge is 0.127 e. The summed E-state index contributed by atoms with van der Waals surface area (Å²) < 4.78 is 6.12. The Morgan fingerprint density at radius 1 is 1.33 bits per heavy atom. The Morgan fingerprint density at radius 3 is 2.89 bits per heavy atom. The van der Waals surface area contributed by atoms with Gasteiger partial charge in [-0.05, 0) is 45.7 Å². The number of hydrogen-bond donors (Lipinski definition) is 1. The maximum absolute atomic E-state index is 10.1. The van der Waals surface area contributed by atoms with Crippen LogP contribution >= 0.6 is 0 Å². The van der Waals surface area contributed by atoms with E-state index in [-0.39, 0.29) is 5.60 Å². The molecule has 1 aromatic carbocycles. The average molecular weight is 244 g/mol. The summed E-state index contributed by atoms with van der Waals surface area (Å²) >= 11 is 0. The first kappa shape index (κ1) is 11.6. The van der Waals surface area contributed by atoms with Crippen molar-refractivity contribution < 1.29 is 9.84 Å². The molecule has 1 heterocycles. The average Bonchev–Trinajstić information content (AvgIpc) is 2.27. The van der Waals surface area contributed by atoms with E-state index >= 15 is 0 Å². The lowest BCUT2D eigenvalue weighted by Gasteiger charge is -2.46. The molecule has 1 aliphatic carbocycles. The topological polar surface area (TPSA) is 29.5 Å². The Hall–Kier alpha value is -1.44. The molecule has 1 aliphatic heterocycles. The van der Waals surface area contributed by atoms with Crippen LogP contribution in [0.15, 0.2) is 29.8 Å². The first-order valence-corrected chi connectivity index (χ1v) is 6.67. The fourth-order valence-electron chi connectivity index (χ4n) is 3.45. The fraction of sp³-hybridized carbons (Fsp3) is 0.500. The van der Waals surface area contributed by atoms with Gasteiger partial charge in [0.25, 0.3) is 0 Å². The van der Waals surface area contributed by atoms with Crippen LogP contribution in [0.3, 0.4) is 0 Å². The summed E-state index contributed by atoms with van der Waals surface area (Å²) in [5.74, 6) is 1.94. The Balaban J connectivity index is 2.19. The van der Waals surface area contributed by atoms with Crippen LogP contribution in [0.1, 0.15) is 45.1 Å². The number of fused-ring (bicyclic) bond motifs is 3. The fourth-order valence-corrected chi connectivity index (χ4v) is 3.45. The lowest BCUT2D eigenvalue weighted by Crippen LogP contribution is -2.45.